The van der Waals surface area contributed by atoms with Crippen LogP contribution in [-0.4, -0.2) is 0 Å². The topological polar surface area (TPSA) is 0 Å². The Morgan fingerprint density at radius 3 is 1.05 bits per heavy atom. The smallest absolute Gasteiger partial charge is 0.105 e. The molecule has 0 saturated heterocycles. The summed E-state index contributed by atoms with van der Waals surface area (Å²) in [4.78, 5) is 0. The van der Waals surface area contributed by atoms with Gasteiger partial charge in [0, 0.05) is 64.1 Å². The van der Waals surface area contributed by atoms with Crippen molar-refractivity contribution in [3.8, 4) is 0 Å². The van der Waals surface area contributed by atoms with E-state index in [0.29, 0.717) is 51.3 Å². The van der Waals surface area contributed by atoms with Crippen LogP contribution < -0.4 is 0 Å². The zero-order valence-electron chi connectivity index (χ0n) is 19.5. The Bertz CT molecular complexity index is 1410. The molecule has 4 aromatic carbocycles. The molecule has 0 radical (unpaired) electrons. The molecule has 0 aliphatic carbocycles. The molecule has 2 unspecified atom stereocenters. The Balaban J connectivity index is 1.91. The van der Waals surface area contributed by atoms with Crippen LogP contribution in [0, 0.1) is 0 Å². The molecule has 0 saturated carbocycles. The minimum absolute atomic E-state index is 0.227. The van der Waals surface area contributed by atoms with Crippen molar-refractivity contribution in [3.05, 3.63) is 135 Å². The highest BCUT2D eigenvalue weighted by Gasteiger charge is 2.45. The molecule has 204 valence electrons. The Morgan fingerprint density at radius 1 is 0.436 bits per heavy atom. The van der Waals surface area contributed by atoms with Crippen LogP contribution in [0.2, 0.25) is 40.2 Å². The molecule has 0 aliphatic rings. The minimum Gasteiger partial charge on any atom is -0.105 e. The normalized spacial score (nSPS) is 14.6. The van der Waals surface area contributed by atoms with Crippen molar-refractivity contribution in [1.29, 1.82) is 0 Å². The lowest BCUT2D eigenvalue weighted by molar-refractivity contribution is 0.795. The van der Waals surface area contributed by atoms with Crippen LogP contribution in [0.4, 0.5) is 0 Å². The van der Waals surface area contributed by atoms with E-state index in [4.69, 9.17) is 116 Å². The van der Waals surface area contributed by atoms with Crippen molar-refractivity contribution in [3.63, 3.8) is 0 Å². The van der Waals surface area contributed by atoms with Crippen LogP contribution in [0.3, 0.4) is 0 Å². The van der Waals surface area contributed by atoms with Crippen LogP contribution >= 0.6 is 128 Å². The third-order valence-corrected chi connectivity index (χ3v) is 10.6. The molecule has 4 aromatic rings. The number of hydrogen-bond donors (Lipinski definition) is 0. The first-order chi connectivity index (χ1) is 18.3. The summed E-state index contributed by atoms with van der Waals surface area (Å²) >= 11 is 67.7. The second-order valence-electron chi connectivity index (χ2n) is 8.63. The predicted molar refractivity (Wildman–Crippen MR) is 176 cm³/mol. The minimum atomic E-state index is -1.26. The highest BCUT2D eigenvalue weighted by Crippen LogP contribution is 2.59. The van der Waals surface area contributed by atoms with E-state index >= 15 is 0 Å². The first-order valence-electron chi connectivity index (χ1n) is 11.2. The Hall–Kier alpha value is 0.130. The molecule has 11 heteroatoms. The molecule has 0 nitrogen and oxygen atoms in total. The molecule has 0 fully saturated rings. The number of halogens is 10. The summed E-state index contributed by atoms with van der Waals surface area (Å²) in [5.41, 5.74) is 2.65. The quantitative estimate of drug-likeness (QED) is 0.162. The predicted octanol–water partition coefficient (Wildman–Crippen LogP) is 13.6. The van der Waals surface area contributed by atoms with E-state index in [-0.39, 0.29) is 12.8 Å². The summed E-state index contributed by atoms with van der Waals surface area (Å²) in [6.45, 7) is 0. The monoisotopic (exact) mass is 734 g/mol. The number of rotatable bonds is 8. The van der Waals surface area contributed by atoms with Crippen LogP contribution in [0.1, 0.15) is 22.3 Å². The Morgan fingerprint density at radius 2 is 0.744 bits per heavy atom. The summed E-state index contributed by atoms with van der Waals surface area (Å²) in [6, 6.07) is 20.6. The summed E-state index contributed by atoms with van der Waals surface area (Å²) in [5.74, 6) is 0. The van der Waals surface area contributed by atoms with Gasteiger partial charge in [0.1, 0.15) is 8.41 Å². The standard InChI is InChI=1S/C28H16Cl10S/c29-17-3-1-15(23(33)9-17)13-27(37,21-7-5-19(31)11-25(21)35)39-28(38,22-8-6-20(32)12-26(22)36)14-16-2-4-18(30)10-24(16)34/h1-12H,13-14H2. The largest absolute Gasteiger partial charge is 0.122 e. The van der Waals surface area contributed by atoms with Crippen molar-refractivity contribution in [2.24, 2.45) is 0 Å². The van der Waals surface area contributed by atoms with Crippen LogP contribution in [0.15, 0.2) is 72.8 Å². The average molecular weight is 739 g/mol. The molecule has 0 bridgehead atoms. The molecule has 0 N–H and O–H groups in total. The van der Waals surface area contributed by atoms with E-state index in [1.54, 1.807) is 60.7 Å². The van der Waals surface area contributed by atoms with Gasteiger partial charge >= 0.3 is 0 Å². The highest BCUT2D eigenvalue weighted by molar-refractivity contribution is 8.03. The van der Waals surface area contributed by atoms with Gasteiger partial charge in [-0.2, -0.15) is 0 Å². The van der Waals surface area contributed by atoms with Gasteiger partial charge in [-0.3, -0.25) is 0 Å². The van der Waals surface area contributed by atoms with Gasteiger partial charge in [-0.1, -0.05) is 117 Å². The number of alkyl halides is 2. The molecule has 0 heterocycles. The van der Waals surface area contributed by atoms with E-state index in [1.807, 2.05) is 12.1 Å². The van der Waals surface area contributed by atoms with E-state index in [1.165, 1.54) is 11.8 Å². The van der Waals surface area contributed by atoms with Gasteiger partial charge in [0.05, 0.1) is 0 Å². The Labute approximate surface area is 281 Å². The molecule has 4 rings (SSSR count). The maximum absolute atomic E-state index is 7.55. The van der Waals surface area contributed by atoms with Gasteiger partial charge in [0.15, 0.2) is 0 Å². The van der Waals surface area contributed by atoms with Crippen LogP contribution in [0.5, 0.6) is 0 Å². The van der Waals surface area contributed by atoms with Gasteiger partial charge in [-0.05, 0) is 59.7 Å². The second kappa shape index (κ2) is 13.2. The van der Waals surface area contributed by atoms with Gasteiger partial charge in [-0.15, -0.1) is 35.0 Å². The fourth-order valence-corrected chi connectivity index (χ4v) is 9.40. The van der Waals surface area contributed by atoms with E-state index in [0.717, 1.165) is 11.1 Å². The SMILES string of the molecule is Clc1ccc(CC(Cl)(SC(Cl)(Cc2ccc(Cl)cc2Cl)c2ccc(Cl)cc2Cl)c2ccc(Cl)cc2Cl)c(Cl)c1. The summed E-state index contributed by atoms with van der Waals surface area (Å²) in [6.07, 6.45) is 0.454. The molecule has 0 spiro atoms. The fourth-order valence-electron chi connectivity index (χ4n) is 4.03. The molecule has 0 amide bonds. The fraction of sp³-hybridized carbons (Fsp3) is 0.143. The first kappa shape index (κ1) is 32.1. The van der Waals surface area contributed by atoms with Crippen molar-refractivity contribution in [2.75, 3.05) is 0 Å². The molecule has 0 aromatic heterocycles. The molecule has 0 aliphatic heterocycles. The lowest BCUT2D eigenvalue weighted by Gasteiger charge is -2.38. The van der Waals surface area contributed by atoms with Gasteiger partial charge in [-0.25, -0.2) is 0 Å². The van der Waals surface area contributed by atoms with Crippen LogP contribution in [-0.2, 0) is 21.3 Å². The van der Waals surface area contributed by atoms with E-state index in [9.17, 15) is 0 Å². The summed E-state index contributed by atoms with van der Waals surface area (Å²) in [5, 5.41) is 3.54. The zero-order valence-corrected chi connectivity index (χ0v) is 27.9. The van der Waals surface area contributed by atoms with Crippen molar-refractivity contribution in [2.45, 2.75) is 21.3 Å². The maximum atomic E-state index is 7.55. The Kier molecular flexibility index (Phi) is 10.8. The lowest BCUT2D eigenvalue weighted by Crippen LogP contribution is -2.29. The summed E-state index contributed by atoms with van der Waals surface area (Å²) < 4.78 is -2.52. The molecular weight excluding hydrogens is 723 g/mol. The van der Waals surface area contributed by atoms with E-state index < -0.39 is 8.41 Å². The van der Waals surface area contributed by atoms with Crippen molar-refractivity contribution < 1.29 is 0 Å². The molecule has 2 atom stereocenters. The lowest BCUT2D eigenvalue weighted by atomic mass is 10.0. The molecular formula is C28H16Cl10S. The third-order valence-electron chi connectivity index (χ3n) is 5.86. The number of thioether (sulfide) groups is 1. The van der Waals surface area contributed by atoms with Crippen molar-refractivity contribution in [1.82, 2.24) is 0 Å². The molecule has 39 heavy (non-hydrogen) atoms. The summed E-state index contributed by atoms with van der Waals surface area (Å²) in [7, 11) is 0. The van der Waals surface area contributed by atoms with Gasteiger partial charge in [0.25, 0.3) is 0 Å². The van der Waals surface area contributed by atoms with Gasteiger partial charge in [0.2, 0.25) is 0 Å². The zero-order chi connectivity index (χ0) is 28.5. The second-order valence-corrected chi connectivity index (χ2v) is 15.3. The first-order valence-corrected chi connectivity index (χ1v) is 15.8. The highest BCUT2D eigenvalue weighted by atomic mass is 35.5. The maximum Gasteiger partial charge on any atom is 0.122 e. The van der Waals surface area contributed by atoms with Crippen molar-refractivity contribution >= 4 is 128 Å². The van der Waals surface area contributed by atoms with Gasteiger partial charge < -0.3 is 0 Å². The average Bonchev–Trinajstić information content (AvgIpc) is 2.82. The number of benzene rings is 4. The number of hydrogen-bond acceptors (Lipinski definition) is 1. The van der Waals surface area contributed by atoms with Crippen LogP contribution in [0.25, 0.3) is 0 Å². The van der Waals surface area contributed by atoms with E-state index in [2.05, 4.69) is 0 Å². The third kappa shape index (κ3) is 7.75.